The van der Waals surface area contributed by atoms with E-state index in [1.165, 1.54) is 11.6 Å². The Balaban J connectivity index is 1.37. The van der Waals surface area contributed by atoms with Gasteiger partial charge in [-0.15, -0.1) is 0 Å². The van der Waals surface area contributed by atoms with Crippen LogP contribution in [0.1, 0.15) is 35.9 Å². The lowest BCUT2D eigenvalue weighted by molar-refractivity contribution is 0.212. The Morgan fingerprint density at radius 1 is 1.03 bits per heavy atom. The van der Waals surface area contributed by atoms with Gasteiger partial charge < -0.3 is 4.90 Å². The monoisotopic (exact) mass is 466 g/mol. The van der Waals surface area contributed by atoms with Crippen molar-refractivity contribution < 1.29 is 4.39 Å². The molecule has 2 aliphatic heterocycles. The molecule has 0 radical (unpaired) electrons. The summed E-state index contributed by atoms with van der Waals surface area (Å²) in [5, 5.41) is 5.63. The average Bonchev–Trinajstić information content (AvgIpc) is 3.39. The highest BCUT2D eigenvalue weighted by atomic mass is 19.1. The van der Waals surface area contributed by atoms with Gasteiger partial charge in [0.1, 0.15) is 5.82 Å². The molecule has 1 unspecified atom stereocenters. The summed E-state index contributed by atoms with van der Waals surface area (Å²) in [5.41, 5.74) is 4.74. The Labute approximate surface area is 203 Å². The van der Waals surface area contributed by atoms with Crippen LogP contribution in [0.2, 0.25) is 0 Å². The van der Waals surface area contributed by atoms with Gasteiger partial charge in [-0.3, -0.25) is 9.67 Å². The Bertz CT molecular complexity index is 1430. The smallest absolute Gasteiger partial charge is 0.160 e. The number of allylic oxidation sites excluding steroid dienone is 1. The van der Waals surface area contributed by atoms with E-state index in [0.29, 0.717) is 29.5 Å². The molecule has 4 aromatic rings. The van der Waals surface area contributed by atoms with E-state index in [2.05, 4.69) is 38.9 Å². The molecule has 0 aliphatic carbocycles. The number of halogens is 1. The molecular weight excluding hydrogens is 439 g/mol. The van der Waals surface area contributed by atoms with E-state index in [0.717, 1.165) is 42.5 Å². The first-order valence-electron chi connectivity index (χ1n) is 12.1. The molecule has 1 saturated heterocycles. The Kier molecular flexibility index (Phi) is 5.70. The normalized spacial score (nSPS) is 19.3. The lowest BCUT2D eigenvalue weighted by Gasteiger charge is -2.29. The Hall–Kier alpha value is -3.71. The first-order chi connectivity index (χ1) is 17.2. The number of nitrogens with zero attached hydrogens (tertiary/aromatic N) is 6. The Morgan fingerprint density at radius 2 is 1.89 bits per heavy atom. The highest BCUT2D eigenvalue weighted by Crippen LogP contribution is 2.33. The van der Waals surface area contributed by atoms with Gasteiger partial charge in [0.05, 0.1) is 17.9 Å². The minimum absolute atomic E-state index is 0.131. The van der Waals surface area contributed by atoms with Gasteiger partial charge in [0.25, 0.3) is 0 Å². The van der Waals surface area contributed by atoms with Crippen molar-refractivity contribution in [2.75, 3.05) is 26.7 Å². The van der Waals surface area contributed by atoms with Gasteiger partial charge in [0.2, 0.25) is 0 Å². The van der Waals surface area contributed by atoms with Crippen LogP contribution in [0, 0.1) is 5.82 Å². The SMILES string of the molecule is CN1CCC(n2cc(C3C=C(c4cc(-c5ccccc5F)nc5ncccc45)C=NC3)cn2)CC1. The molecule has 1 atom stereocenters. The van der Waals surface area contributed by atoms with Gasteiger partial charge >= 0.3 is 0 Å². The maximum absolute atomic E-state index is 14.6. The van der Waals surface area contributed by atoms with E-state index >= 15 is 0 Å². The topological polar surface area (TPSA) is 59.2 Å². The van der Waals surface area contributed by atoms with Crippen LogP contribution >= 0.6 is 0 Å². The molecule has 35 heavy (non-hydrogen) atoms. The zero-order chi connectivity index (χ0) is 23.8. The van der Waals surface area contributed by atoms with Crippen molar-refractivity contribution in [1.29, 1.82) is 0 Å². The molecule has 7 heteroatoms. The second-order valence-corrected chi connectivity index (χ2v) is 9.42. The maximum Gasteiger partial charge on any atom is 0.160 e. The van der Waals surface area contributed by atoms with E-state index in [1.807, 2.05) is 36.7 Å². The third-order valence-corrected chi connectivity index (χ3v) is 7.07. The molecule has 0 spiro atoms. The lowest BCUT2D eigenvalue weighted by atomic mass is 9.92. The average molecular weight is 467 g/mol. The van der Waals surface area contributed by atoms with E-state index in [9.17, 15) is 4.39 Å². The van der Waals surface area contributed by atoms with Gasteiger partial charge in [-0.1, -0.05) is 18.2 Å². The second-order valence-electron chi connectivity index (χ2n) is 9.42. The molecule has 5 heterocycles. The summed E-state index contributed by atoms with van der Waals surface area (Å²) in [5.74, 6) is -0.168. The minimum Gasteiger partial charge on any atom is -0.306 e. The number of aliphatic imine (C=N–C) groups is 1. The number of pyridine rings is 2. The second kappa shape index (κ2) is 9.15. The van der Waals surface area contributed by atoms with Crippen molar-refractivity contribution >= 4 is 22.8 Å². The lowest BCUT2D eigenvalue weighted by Crippen LogP contribution is -2.31. The number of rotatable bonds is 4. The molecule has 1 aromatic carbocycles. The summed E-state index contributed by atoms with van der Waals surface area (Å²) in [7, 11) is 2.17. The summed E-state index contributed by atoms with van der Waals surface area (Å²) in [6.07, 6.45) is 12.3. The van der Waals surface area contributed by atoms with Crippen molar-refractivity contribution in [3.63, 3.8) is 0 Å². The zero-order valence-electron chi connectivity index (χ0n) is 19.7. The summed E-state index contributed by atoms with van der Waals surface area (Å²) in [4.78, 5) is 16.2. The number of hydrogen-bond acceptors (Lipinski definition) is 5. The van der Waals surface area contributed by atoms with E-state index < -0.39 is 0 Å². The zero-order valence-corrected chi connectivity index (χ0v) is 19.7. The summed E-state index contributed by atoms with van der Waals surface area (Å²) in [6, 6.07) is 13.0. The number of hydrogen-bond donors (Lipinski definition) is 0. The minimum atomic E-state index is -0.299. The molecule has 176 valence electrons. The standard InChI is InChI=1S/C28H27FN6/c1-34-11-8-22(9-12-34)35-18-21(17-32-35)19-13-20(16-30-15-19)25-14-27(24-5-2-3-7-26(24)29)33-28-23(25)6-4-10-31-28/h2-7,10,13-14,16-19,22H,8-9,11-12,15H2,1H3. The summed E-state index contributed by atoms with van der Waals surface area (Å²) < 4.78 is 16.7. The van der Waals surface area contributed by atoms with Crippen molar-refractivity contribution in [2.24, 2.45) is 4.99 Å². The van der Waals surface area contributed by atoms with Crippen LogP contribution in [0.25, 0.3) is 27.9 Å². The van der Waals surface area contributed by atoms with Gasteiger partial charge in [0.15, 0.2) is 5.65 Å². The Morgan fingerprint density at radius 3 is 2.74 bits per heavy atom. The third-order valence-electron chi connectivity index (χ3n) is 7.07. The molecular formula is C28H27FN6. The molecule has 0 bridgehead atoms. The molecule has 0 N–H and O–H groups in total. The van der Waals surface area contributed by atoms with Crippen LogP contribution in [0.3, 0.4) is 0 Å². The van der Waals surface area contributed by atoms with Crippen molar-refractivity contribution in [3.05, 3.63) is 84.1 Å². The number of piperidine rings is 1. The van der Waals surface area contributed by atoms with Crippen LogP contribution < -0.4 is 0 Å². The molecule has 2 aliphatic rings. The van der Waals surface area contributed by atoms with E-state index in [-0.39, 0.29) is 11.7 Å². The van der Waals surface area contributed by atoms with Crippen LogP contribution in [0.4, 0.5) is 4.39 Å². The van der Waals surface area contributed by atoms with Gasteiger partial charge in [0, 0.05) is 42.0 Å². The summed E-state index contributed by atoms with van der Waals surface area (Å²) in [6.45, 7) is 2.89. The highest BCUT2D eigenvalue weighted by Gasteiger charge is 2.22. The maximum atomic E-state index is 14.6. The highest BCUT2D eigenvalue weighted by molar-refractivity contribution is 6.15. The molecule has 6 nitrogen and oxygen atoms in total. The number of benzene rings is 1. The van der Waals surface area contributed by atoms with Crippen LogP contribution in [0.5, 0.6) is 0 Å². The fourth-order valence-electron chi connectivity index (χ4n) is 5.04. The number of dihydropyridines is 1. The number of aromatic nitrogens is 4. The summed E-state index contributed by atoms with van der Waals surface area (Å²) >= 11 is 0. The van der Waals surface area contributed by atoms with Gasteiger partial charge in [-0.05, 0) is 80.0 Å². The first-order valence-corrected chi connectivity index (χ1v) is 12.1. The molecule has 1 fully saturated rings. The molecule has 0 amide bonds. The van der Waals surface area contributed by atoms with Crippen molar-refractivity contribution in [3.8, 4) is 11.3 Å². The largest absolute Gasteiger partial charge is 0.306 e. The molecule has 0 saturated carbocycles. The number of fused-ring (bicyclic) bond motifs is 1. The predicted octanol–water partition coefficient (Wildman–Crippen LogP) is 5.15. The first kappa shape index (κ1) is 21.8. The van der Waals surface area contributed by atoms with E-state index in [4.69, 9.17) is 10.1 Å². The van der Waals surface area contributed by atoms with Crippen molar-refractivity contribution in [1.82, 2.24) is 24.6 Å². The molecule has 3 aromatic heterocycles. The van der Waals surface area contributed by atoms with Gasteiger partial charge in [-0.2, -0.15) is 5.10 Å². The van der Waals surface area contributed by atoms with Crippen LogP contribution in [-0.2, 0) is 0 Å². The van der Waals surface area contributed by atoms with Crippen molar-refractivity contribution in [2.45, 2.75) is 24.8 Å². The number of likely N-dealkylation sites (tertiary alicyclic amines) is 1. The van der Waals surface area contributed by atoms with E-state index in [1.54, 1.807) is 18.3 Å². The quantitative estimate of drug-likeness (QED) is 0.417. The fourth-order valence-corrected chi connectivity index (χ4v) is 5.04. The van der Waals surface area contributed by atoms with Gasteiger partial charge in [-0.25, -0.2) is 14.4 Å². The fraction of sp³-hybridized carbons (Fsp3) is 0.286. The van der Waals surface area contributed by atoms with Crippen LogP contribution in [0.15, 0.2) is 72.1 Å². The molecule has 6 rings (SSSR count). The van der Waals surface area contributed by atoms with Crippen LogP contribution in [-0.4, -0.2) is 57.5 Å². The third kappa shape index (κ3) is 4.28. The predicted molar refractivity (Wildman–Crippen MR) is 137 cm³/mol.